The summed E-state index contributed by atoms with van der Waals surface area (Å²) in [5.74, 6) is 2.52. The SMILES string of the molecule is ClC1NC=Cc2c1oc1cccc(-c3nc(-c4ccccc4)nc(-c4ccccc4)n3)c21. The van der Waals surface area contributed by atoms with E-state index in [4.69, 9.17) is 31.0 Å². The summed E-state index contributed by atoms with van der Waals surface area (Å²) in [5, 5.41) is 4.01. The van der Waals surface area contributed by atoms with Crippen LogP contribution in [0.4, 0.5) is 0 Å². The van der Waals surface area contributed by atoms with E-state index >= 15 is 0 Å². The number of aromatic nitrogens is 3. The highest BCUT2D eigenvalue weighted by Crippen LogP contribution is 2.40. The van der Waals surface area contributed by atoms with Crippen molar-refractivity contribution < 1.29 is 4.42 Å². The maximum atomic E-state index is 6.43. The molecule has 1 N–H and O–H groups in total. The molecule has 0 saturated carbocycles. The Hall–Kier alpha value is -3.96. The van der Waals surface area contributed by atoms with Crippen LogP contribution in [0.25, 0.3) is 51.2 Å². The highest BCUT2D eigenvalue weighted by atomic mass is 35.5. The lowest BCUT2D eigenvalue weighted by Crippen LogP contribution is -2.12. The van der Waals surface area contributed by atoms with Crippen LogP contribution in [0.1, 0.15) is 16.8 Å². The zero-order chi connectivity index (χ0) is 21.5. The molecule has 0 bridgehead atoms. The van der Waals surface area contributed by atoms with Gasteiger partial charge in [0.15, 0.2) is 23.0 Å². The highest BCUT2D eigenvalue weighted by molar-refractivity contribution is 6.21. The quantitative estimate of drug-likeness (QED) is 0.261. The number of hydrogen-bond donors (Lipinski definition) is 1. The van der Waals surface area contributed by atoms with Gasteiger partial charge in [-0.15, -0.1) is 0 Å². The standard InChI is InChI=1S/C26H17ClN4O/c27-23-22-18(14-15-28-23)21-19(12-7-13-20(21)32-22)26-30-24(16-8-3-1-4-9-16)29-25(31-26)17-10-5-2-6-11-17/h1-15,23,28H. The molecule has 5 aromatic rings. The van der Waals surface area contributed by atoms with Crippen molar-refractivity contribution in [3.05, 3.63) is 96.4 Å². The molecule has 154 valence electrons. The molecule has 3 heterocycles. The van der Waals surface area contributed by atoms with E-state index in [0.29, 0.717) is 23.2 Å². The van der Waals surface area contributed by atoms with Crippen LogP contribution in [-0.4, -0.2) is 15.0 Å². The van der Waals surface area contributed by atoms with Crippen molar-refractivity contribution in [2.75, 3.05) is 0 Å². The average molecular weight is 437 g/mol. The average Bonchev–Trinajstić information content (AvgIpc) is 3.25. The Morgan fingerprint density at radius 1 is 0.719 bits per heavy atom. The lowest BCUT2D eigenvalue weighted by atomic mass is 10.0. The second-order valence-corrected chi connectivity index (χ2v) is 7.90. The number of hydrogen-bond acceptors (Lipinski definition) is 5. The zero-order valence-corrected chi connectivity index (χ0v) is 17.6. The third-order valence-electron chi connectivity index (χ3n) is 5.44. The van der Waals surface area contributed by atoms with Crippen molar-refractivity contribution in [2.24, 2.45) is 0 Å². The van der Waals surface area contributed by atoms with Crippen LogP contribution in [0.3, 0.4) is 0 Å². The van der Waals surface area contributed by atoms with Gasteiger partial charge in [-0.25, -0.2) is 15.0 Å². The summed E-state index contributed by atoms with van der Waals surface area (Å²) in [6.07, 6.45) is 3.81. The zero-order valence-electron chi connectivity index (χ0n) is 16.9. The fraction of sp³-hybridized carbons (Fsp3) is 0.0385. The summed E-state index contributed by atoms with van der Waals surface area (Å²) in [5.41, 5.74) is 4.00. The molecule has 1 aliphatic rings. The molecule has 1 unspecified atom stereocenters. The van der Waals surface area contributed by atoms with Crippen LogP contribution in [0.5, 0.6) is 0 Å². The van der Waals surface area contributed by atoms with Gasteiger partial charge >= 0.3 is 0 Å². The van der Waals surface area contributed by atoms with Gasteiger partial charge in [0.25, 0.3) is 0 Å². The summed E-state index contributed by atoms with van der Waals surface area (Å²) >= 11 is 6.43. The van der Waals surface area contributed by atoms with Crippen molar-refractivity contribution >= 4 is 28.6 Å². The van der Waals surface area contributed by atoms with E-state index in [0.717, 1.165) is 33.2 Å². The summed E-state index contributed by atoms with van der Waals surface area (Å²) in [6.45, 7) is 0. The van der Waals surface area contributed by atoms with Gasteiger partial charge in [0, 0.05) is 27.6 Å². The minimum atomic E-state index is -0.423. The molecule has 0 aliphatic carbocycles. The van der Waals surface area contributed by atoms with E-state index in [9.17, 15) is 0 Å². The maximum absolute atomic E-state index is 6.43. The number of furan rings is 1. The molecule has 0 amide bonds. The Bertz CT molecular complexity index is 1400. The van der Waals surface area contributed by atoms with E-state index in [1.165, 1.54) is 0 Å². The van der Waals surface area contributed by atoms with Gasteiger partial charge in [0.1, 0.15) is 11.3 Å². The maximum Gasteiger partial charge on any atom is 0.164 e. The van der Waals surface area contributed by atoms with Gasteiger partial charge < -0.3 is 9.73 Å². The number of rotatable bonds is 3. The topological polar surface area (TPSA) is 63.8 Å². The molecule has 1 aliphatic heterocycles. The Morgan fingerprint density at radius 2 is 1.34 bits per heavy atom. The Labute approximate surface area is 189 Å². The first kappa shape index (κ1) is 18.8. The number of nitrogens with one attached hydrogen (secondary N) is 1. The largest absolute Gasteiger partial charge is 0.457 e. The van der Waals surface area contributed by atoms with Crippen molar-refractivity contribution in [3.8, 4) is 34.2 Å². The smallest absolute Gasteiger partial charge is 0.164 e. The van der Waals surface area contributed by atoms with Gasteiger partial charge in [0.2, 0.25) is 0 Å². The molecule has 2 aromatic heterocycles. The lowest BCUT2D eigenvalue weighted by Gasteiger charge is -2.13. The summed E-state index contributed by atoms with van der Waals surface area (Å²) in [4.78, 5) is 14.5. The van der Waals surface area contributed by atoms with Crippen LogP contribution >= 0.6 is 11.6 Å². The van der Waals surface area contributed by atoms with Crippen LogP contribution in [-0.2, 0) is 0 Å². The lowest BCUT2D eigenvalue weighted by molar-refractivity contribution is 0.523. The molecule has 32 heavy (non-hydrogen) atoms. The first-order valence-electron chi connectivity index (χ1n) is 10.3. The van der Waals surface area contributed by atoms with Crippen molar-refractivity contribution in [3.63, 3.8) is 0 Å². The van der Waals surface area contributed by atoms with Crippen LogP contribution < -0.4 is 5.32 Å². The molecule has 0 spiro atoms. The Balaban J connectivity index is 1.63. The normalized spacial score (nSPS) is 14.8. The summed E-state index contributed by atoms with van der Waals surface area (Å²) < 4.78 is 6.08. The minimum absolute atomic E-state index is 0.423. The number of halogens is 1. The second kappa shape index (κ2) is 7.62. The molecule has 0 radical (unpaired) electrons. The third-order valence-corrected chi connectivity index (χ3v) is 5.77. The monoisotopic (exact) mass is 436 g/mol. The van der Waals surface area contributed by atoms with Crippen molar-refractivity contribution in [2.45, 2.75) is 5.50 Å². The van der Waals surface area contributed by atoms with E-state index < -0.39 is 5.50 Å². The van der Waals surface area contributed by atoms with Crippen molar-refractivity contribution in [1.29, 1.82) is 0 Å². The van der Waals surface area contributed by atoms with E-state index in [1.807, 2.05) is 91.1 Å². The molecule has 5 nitrogen and oxygen atoms in total. The number of fused-ring (bicyclic) bond motifs is 3. The van der Waals surface area contributed by atoms with Gasteiger partial charge in [0.05, 0.1) is 0 Å². The Morgan fingerprint density at radius 3 is 2.00 bits per heavy atom. The van der Waals surface area contributed by atoms with Gasteiger partial charge in [-0.2, -0.15) is 0 Å². The van der Waals surface area contributed by atoms with Gasteiger partial charge in [-0.1, -0.05) is 84.4 Å². The van der Waals surface area contributed by atoms with E-state index in [2.05, 4.69) is 5.32 Å². The molecule has 0 saturated heterocycles. The van der Waals surface area contributed by atoms with Crippen molar-refractivity contribution in [1.82, 2.24) is 20.3 Å². The second-order valence-electron chi connectivity index (χ2n) is 7.46. The van der Waals surface area contributed by atoms with Gasteiger partial charge in [-0.3, -0.25) is 0 Å². The fourth-order valence-corrected chi connectivity index (χ4v) is 4.19. The molecular weight excluding hydrogens is 420 g/mol. The number of nitrogens with zero attached hydrogens (tertiary/aromatic N) is 3. The summed E-state index contributed by atoms with van der Waals surface area (Å²) in [6, 6.07) is 25.8. The minimum Gasteiger partial charge on any atom is -0.457 e. The molecule has 0 fully saturated rings. The molecule has 6 rings (SSSR count). The number of benzene rings is 3. The van der Waals surface area contributed by atoms with Gasteiger partial charge in [-0.05, 0) is 18.3 Å². The first-order chi connectivity index (χ1) is 15.8. The van der Waals surface area contributed by atoms with E-state index in [1.54, 1.807) is 0 Å². The third kappa shape index (κ3) is 3.15. The fourth-order valence-electron chi connectivity index (χ4n) is 3.95. The molecular formula is C26H17ClN4O. The Kier molecular flexibility index (Phi) is 4.47. The summed E-state index contributed by atoms with van der Waals surface area (Å²) in [7, 11) is 0. The molecule has 1 atom stereocenters. The number of alkyl halides is 1. The molecule has 6 heteroatoms. The first-order valence-corrected chi connectivity index (χ1v) is 10.7. The predicted molar refractivity (Wildman–Crippen MR) is 127 cm³/mol. The molecule has 3 aromatic carbocycles. The van der Waals surface area contributed by atoms with Crippen LogP contribution in [0.15, 0.2) is 89.5 Å². The predicted octanol–water partition coefficient (Wildman–Crippen LogP) is 6.43. The van der Waals surface area contributed by atoms with Crippen LogP contribution in [0, 0.1) is 0 Å². The van der Waals surface area contributed by atoms with E-state index in [-0.39, 0.29) is 0 Å². The highest BCUT2D eigenvalue weighted by Gasteiger charge is 2.25. The van der Waals surface area contributed by atoms with Crippen LogP contribution in [0.2, 0.25) is 0 Å².